The smallest absolute Gasteiger partial charge is 0.140 e. The van der Waals surface area contributed by atoms with Gasteiger partial charge in [0.15, 0.2) is 0 Å². The van der Waals surface area contributed by atoms with Crippen molar-refractivity contribution >= 4 is 39.0 Å². The van der Waals surface area contributed by atoms with Crippen LogP contribution in [0.25, 0.3) is 55.3 Å². The summed E-state index contributed by atoms with van der Waals surface area (Å²) in [6.07, 6.45) is 0. The van der Waals surface area contributed by atoms with Crippen molar-refractivity contribution in [1.29, 1.82) is 0 Å². The van der Waals surface area contributed by atoms with E-state index in [0.29, 0.717) is 0 Å². The number of hydrogen-bond donors (Lipinski definition) is 0. The highest BCUT2D eigenvalue weighted by atomic mass is 16.3. The van der Waals surface area contributed by atoms with Crippen LogP contribution in [-0.2, 0) is 21.7 Å². The van der Waals surface area contributed by atoms with Crippen LogP contribution in [0.15, 0.2) is 205 Å². The first-order valence-electron chi connectivity index (χ1n) is 24.3. The standard InChI is InChI=1S/C66H57NO/c1-63(2,3)46-40-53-51-37-38-52-59-56(65(7,8)60(52)62(51)68-61(53)57(41-46)64(4,5)6)31-20-32-58(59)67(47-35-33-43(34-36-47)42-21-11-9-12-22-42)48-26-19-25-45(39-48)66(44-23-13-10-14-24-44)54-29-17-15-27-49(54)50-28-16-18-30-55(50)66/h9-41H,1-8H3. The molecule has 0 saturated heterocycles. The number of rotatable bonds is 6. The Balaban J connectivity index is 1.11. The summed E-state index contributed by atoms with van der Waals surface area (Å²) in [5.41, 5.74) is 22.0. The van der Waals surface area contributed by atoms with Crippen molar-refractivity contribution in [2.24, 2.45) is 0 Å². The molecule has 0 saturated carbocycles. The largest absolute Gasteiger partial charge is 0.455 e. The number of furan rings is 1. The van der Waals surface area contributed by atoms with Crippen molar-refractivity contribution in [3.63, 3.8) is 0 Å². The Labute approximate surface area is 401 Å². The molecular weight excluding hydrogens is 823 g/mol. The van der Waals surface area contributed by atoms with Crippen LogP contribution in [0.2, 0.25) is 0 Å². The van der Waals surface area contributed by atoms with E-state index in [1.807, 2.05) is 0 Å². The van der Waals surface area contributed by atoms with Crippen LogP contribution >= 0.6 is 0 Å². The monoisotopic (exact) mass is 879 g/mol. The SMILES string of the molecule is CC(C)(C)c1cc(C(C)(C)C)c2oc3c4c(ccc3c2c1)-c1c(N(c2ccc(-c3ccccc3)cc2)c2cccc(C3(c5ccccc5)c5ccccc5-c5ccccc53)c2)cccc1C4(C)C. The van der Waals surface area contributed by atoms with E-state index in [9.17, 15) is 0 Å². The topological polar surface area (TPSA) is 16.4 Å². The number of hydrogen-bond acceptors (Lipinski definition) is 2. The summed E-state index contributed by atoms with van der Waals surface area (Å²) in [6.45, 7) is 18.6. The molecule has 0 unspecified atom stereocenters. The van der Waals surface area contributed by atoms with Crippen molar-refractivity contribution in [2.75, 3.05) is 4.90 Å². The first kappa shape index (κ1) is 42.0. The molecule has 10 aromatic rings. The van der Waals surface area contributed by atoms with Gasteiger partial charge in [-0.2, -0.15) is 0 Å². The van der Waals surface area contributed by atoms with Crippen LogP contribution in [0.4, 0.5) is 17.1 Å². The van der Waals surface area contributed by atoms with Crippen LogP contribution in [0.3, 0.4) is 0 Å². The number of benzene rings is 9. The molecule has 68 heavy (non-hydrogen) atoms. The minimum atomic E-state index is -0.536. The van der Waals surface area contributed by atoms with Gasteiger partial charge in [0.2, 0.25) is 0 Å². The average Bonchev–Trinajstić information content (AvgIpc) is 3.95. The molecule has 9 aromatic carbocycles. The molecule has 1 heterocycles. The van der Waals surface area contributed by atoms with E-state index >= 15 is 0 Å². The zero-order valence-electron chi connectivity index (χ0n) is 40.4. The molecule has 2 aliphatic rings. The van der Waals surface area contributed by atoms with E-state index in [4.69, 9.17) is 4.42 Å². The van der Waals surface area contributed by atoms with Gasteiger partial charge in [0.05, 0.1) is 11.1 Å². The summed E-state index contributed by atoms with van der Waals surface area (Å²) in [6, 6.07) is 74.7. The van der Waals surface area contributed by atoms with Crippen LogP contribution in [0, 0.1) is 0 Å². The highest BCUT2D eigenvalue weighted by Crippen LogP contribution is 2.59. The van der Waals surface area contributed by atoms with E-state index < -0.39 is 5.41 Å². The summed E-state index contributed by atoms with van der Waals surface area (Å²) in [5.74, 6) is 0. The van der Waals surface area contributed by atoms with E-state index in [1.54, 1.807) is 0 Å². The predicted molar refractivity (Wildman–Crippen MR) is 286 cm³/mol. The summed E-state index contributed by atoms with van der Waals surface area (Å²) in [4.78, 5) is 2.50. The molecule has 332 valence electrons. The predicted octanol–water partition coefficient (Wildman–Crippen LogP) is 18.0. The van der Waals surface area contributed by atoms with Crippen molar-refractivity contribution in [3.8, 4) is 33.4 Å². The third-order valence-corrected chi connectivity index (χ3v) is 15.2. The van der Waals surface area contributed by atoms with Gasteiger partial charge < -0.3 is 9.32 Å². The maximum atomic E-state index is 7.28. The second kappa shape index (κ2) is 15.0. The fraction of sp³-hybridized carbons (Fsp3) is 0.182. The molecule has 0 bridgehead atoms. The Kier molecular flexibility index (Phi) is 9.29. The van der Waals surface area contributed by atoms with Crippen molar-refractivity contribution in [1.82, 2.24) is 0 Å². The van der Waals surface area contributed by atoms with E-state index in [1.165, 1.54) is 88.7 Å². The molecule has 0 spiro atoms. The number of anilines is 3. The average molecular weight is 880 g/mol. The highest BCUT2D eigenvalue weighted by molar-refractivity contribution is 6.11. The van der Waals surface area contributed by atoms with Gasteiger partial charge in [0.25, 0.3) is 0 Å². The van der Waals surface area contributed by atoms with E-state index in [2.05, 4.69) is 260 Å². The van der Waals surface area contributed by atoms with Gasteiger partial charge in [-0.3, -0.25) is 0 Å². The first-order valence-corrected chi connectivity index (χ1v) is 24.3. The Bertz CT molecular complexity index is 3550. The fourth-order valence-electron chi connectivity index (χ4n) is 11.9. The van der Waals surface area contributed by atoms with Gasteiger partial charge in [0.1, 0.15) is 11.2 Å². The minimum Gasteiger partial charge on any atom is -0.455 e. The van der Waals surface area contributed by atoms with Gasteiger partial charge in [0, 0.05) is 44.3 Å². The van der Waals surface area contributed by atoms with Gasteiger partial charge in [-0.05, 0) is 114 Å². The Hall–Kier alpha value is -7.42. The zero-order chi connectivity index (χ0) is 46.7. The molecule has 0 aliphatic heterocycles. The normalized spacial score (nSPS) is 14.4. The third kappa shape index (κ3) is 6.16. The maximum Gasteiger partial charge on any atom is 0.140 e. The molecule has 12 rings (SSSR count). The van der Waals surface area contributed by atoms with Gasteiger partial charge in [-0.25, -0.2) is 0 Å². The van der Waals surface area contributed by atoms with Crippen molar-refractivity contribution in [3.05, 3.63) is 245 Å². The van der Waals surface area contributed by atoms with E-state index in [-0.39, 0.29) is 16.2 Å². The second-order valence-electron chi connectivity index (χ2n) is 21.7. The number of fused-ring (bicyclic) bond motifs is 10. The Morgan fingerprint density at radius 1 is 0.426 bits per heavy atom. The molecule has 0 fully saturated rings. The molecule has 2 aliphatic carbocycles. The lowest BCUT2D eigenvalue weighted by Crippen LogP contribution is -2.28. The molecule has 0 atom stereocenters. The first-order chi connectivity index (χ1) is 32.8. The molecule has 1 aromatic heterocycles. The van der Waals surface area contributed by atoms with Crippen LogP contribution < -0.4 is 4.90 Å². The second-order valence-corrected chi connectivity index (χ2v) is 21.7. The lowest BCUT2D eigenvalue weighted by atomic mass is 9.67. The summed E-state index contributed by atoms with van der Waals surface area (Å²) in [7, 11) is 0. The summed E-state index contributed by atoms with van der Waals surface area (Å²) >= 11 is 0. The molecule has 0 N–H and O–H groups in total. The van der Waals surface area contributed by atoms with Crippen LogP contribution in [-0.4, -0.2) is 0 Å². The molecule has 2 heteroatoms. The maximum absolute atomic E-state index is 7.28. The molecule has 0 radical (unpaired) electrons. The third-order valence-electron chi connectivity index (χ3n) is 15.2. The Morgan fingerprint density at radius 2 is 1.01 bits per heavy atom. The molecule has 0 amide bonds. The van der Waals surface area contributed by atoms with E-state index in [0.717, 1.165) is 28.2 Å². The van der Waals surface area contributed by atoms with Gasteiger partial charge >= 0.3 is 0 Å². The molecule has 2 nitrogen and oxygen atoms in total. The van der Waals surface area contributed by atoms with Crippen LogP contribution in [0.5, 0.6) is 0 Å². The van der Waals surface area contributed by atoms with Gasteiger partial charge in [-0.1, -0.05) is 213 Å². The fourth-order valence-corrected chi connectivity index (χ4v) is 11.9. The summed E-state index contributed by atoms with van der Waals surface area (Å²) < 4.78 is 7.28. The lowest BCUT2D eigenvalue weighted by Gasteiger charge is -2.35. The molecular formula is C66H57NO. The zero-order valence-corrected chi connectivity index (χ0v) is 40.4. The quantitative estimate of drug-likeness (QED) is 0.165. The van der Waals surface area contributed by atoms with Crippen molar-refractivity contribution in [2.45, 2.75) is 77.0 Å². The summed E-state index contributed by atoms with van der Waals surface area (Å²) in [5, 5.41) is 2.38. The van der Waals surface area contributed by atoms with Gasteiger partial charge in [-0.15, -0.1) is 0 Å². The minimum absolute atomic E-state index is 0.00967. The Morgan fingerprint density at radius 3 is 1.68 bits per heavy atom. The highest BCUT2D eigenvalue weighted by Gasteiger charge is 2.46. The number of nitrogens with zero attached hydrogens (tertiary/aromatic N) is 1. The van der Waals surface area contributed by atoms with Crippen LogP contribution in [0.1, 0.15) is 99.9 Å². The van der Waals surface area contributed by atoms with Crippen molar-refractivity contribution < 1.29 is 4.42 Å². The lowest BCUT2D eigenvalue weighted by molar-refractivity contribution is 0.556.